The van der Waals surface area contributed by atoms with Crippen molar-refractivity contribution in [3.63, 3.8) is 0 Å². The van der Waals surface area contributed by atoms with E-state index in [-0.39, 0.29) is 25.0 Å². The van der Waals surface area contributed by atoms with Crippen LogP contribution >= 0.6 is 7.92 Å². The molecule has 208 valence electrons. The van der Waals surface area contributed by atoms with Gasteiger partial charge in [0.05, 0.1) is 0 Å². The summed E-state index contributed by atoms with van der Waals surface area (Å²) < 4.78 is 0. The van der Waals surface area contributed by atoms with Gasteiger partial charge in [-0.2, -0.15) is 23.3 Å². The maximum absolute atomic E-state index is 2.63. The molecule has 8 bridgehead atoms. The van der Waals surface area contributed by atoms with E-state index in [2.05, 4.69) is 39.0 Å². The second kappa shape index (κ2) is 10.6. The molecule has 10 rings (SSSR count). The summed E-state index contributed by atoms with van der Waals surface area (Å²) in [5, 5.41) is 0. The smallest absolute Gasteiger partial charge is 0 e. The Hall–Kier alpha value is -0.351. The third-order valence-corrected chi connectivity index (χ3v) is 15.7. The molecule has 0 aliphatic heterocycles. The van der Waals surface area contributed by atoms with Crippen LogP contribution in [0, 0.1) is 47.3 Å². The Morgan fingerprint density at radius 3 is 1.38 bits per heavy atom. The molecule has 2 aromatic carbocycles. The van der Waals surface area contributed by atoms with Crippen molar-refractivity contribution in [2.24, 2.45) is 47.3 Å². The van der Waals surface area contributed by atoms with Gasteiger partial charge in [-0.15, -0.1) is 7.92 Å². The molecule has 0 radical (unpaired) electrons. The van der Waals surface area contributed by atoms with E-state index in [0.29, 0.717) is 5.41 Å². The van der Waals surface area contributed by atoms with E-state index in [1.165, 1.54) is 6.16 Å². The summed E-state index contributed by atoms with van der Waals surface area (Å²) in [6, 6.07) is 17.6. The van der Waals surface area contributed by atoms with Crippen molar-refractivity contribution in [1.29, 1.82) is 0 Å². The van der Waals surface area contributed by atoms with E-state index < -0.39 is 0 Å². The molecule has 0 N–H and O–H groups in total. The van der Waals surface area contributed by atoms with Gasteiger partial charge < -0.3 is 30.3 Å². The van der Waals surface area contributed by atoms with E-state index in [1.54, 1.807) is 75.3 Å². The van der Waals surface area contributed by atoms with E-state index in [1.807, 2.05) is 30.3 Å². The Balaban J connectivity index is 0.000000379. The van der Waals surface area contributed by atoms with Crippen LogP contribution in [0.5, 0.6) is 0 Å². The first kappa shape index (κ1) is 26.9. The van der Waals surface area contributed by atoms with Crippen LogP contribution in [0.3, 0.4) is 0 Å². The third kappa shape index (κ3) is 5.25. The average molecular weight is 557 g/mol. The standard InChI is InChI=1S/C30H44P.C5H5.Fe/c1-30(2,3)27-5-4-18(16-27)17-31(28-23-8-19-6-20(10-23)11-24(28)9-19)29-25-12-21-7-22(14-25)15-26(29)13-21;1-2-4-5-3-1;/h4-5,16,19-26,28-29H,6-15,17H2,1-3H3;1-5H;/q-1;-5;. The number of hydrogen-bond donors (Lipinski definition) is 0. The fourth-order valence-corrected chi connectivity index (χ4v) is 15.5. The fraction of sp³-hybridized carbons (Fsp3) is 0.714. The molecular formula is C35H49FeP-6. The van der Waals surface area contributed by atoms with Gasteiger partial charge in [0.1, 0.15) is 0 Å². The summed E-state index contributed by atoms with van der Waals surface area (Å²) in [5.41, 5.74) is 5.87. The van der Waals surface area contributed by atoms with Gasteiger partial charge in [-0.05, 0) is 123 Å². The molecule has 0 heterocycles. The monoisotopic (exact) mass is 556 g/mol. The topological polar surface area (TPSA) is 0 Å². The molecule has 8 aliphatic rings. The Morgan fingerprint density at radius 1 is 0.676 bits per heavy atom. The molecule has 0 unspecified atom stereocenters. The first-order valence-corrected chi connectivity index (χ1v) is 17.3. The van der Waals surface area contributed by atoms with Crippen molar-refractivity contribution in [3.05, 3.63) is 59.7 Å². The number of hydrogen-bond acceptors (Lipinski definition) is 0. The molecule has 8 fully saturated rings. The van der Waals surface area contributed by atoms with Crippen LogP contribution in [0.2, 0.25) is 0 Å². The molecule has 0 saturated heterocycles. The van der Waals surface area contributed by atoms with Crippen molar-refractivity contribution < 1.29 is 17.1 Å². The van der Waals surface area contributed by atoms with Gasteiger partial charge >= 0.3 is 0 Å². The predicted octanol–water partition coefficient (Wildman–Crippen LogP) is 9.74. The van der Waals surface area contributed by atoms with Crippen LogP contribution in [-0.2, 0) is 28.6 Å². The zero-order valence-electron chi connectivity index (χ0n) is 23.5. The fourth-order valence-electron chi connectivity index (χ4n) is 10.9. The van der Waals surface area contributed by atoms with Gasteiger partial charge in [0.2, 0.25) is 0 Å². The zero-order chi connectivity index (χ0) is 24.4. The largest absolute Gasteiger partial charge is 0.748 e. The molecule has 0 amide bonds. The van der Waals surface area contributed by atoms with Crippen LogP contribution < -0.4 is 0 Å². The molecule has 2 heteroatoms. The Morgan fingerprint density at radius 2 is 1.05 bits per heavy atom. The molecule has 0 spiro atoms. The summed E-state index contributed by atoms with van der Waals surface area (Å²) >= 11 is 0. The van der Waals surface area contributed by atoms with E-state index in [4.69, 9.17) is 0 Å². The minimum absolute atomic E-state index is 0. The Bertz CT molecular complexity index is 893. The van der Waals surface area contributed by atoms with E-state index >= 15 is 0 Å². The van der Waals surface area contributed by atoms with Crippen LogP contribution in [0.15, 0.2) is 48.5 Å². The molecule has 0 aromatic heterocycles. The first-order chi connectivity index (χ1) is 17.4. The third-order valence-electron chi connectivity index (χ3n) is 11.7. The zero-order valence-corrected chi connectivity index (χ0v) is 25.5. The van der Waals surface area contributed by atoms with Gasteiger partial charge in [-0.1, -0.05) is 32.3 Å². The summed E-state index contributed by atoms with van der Waals surface area (Å²) in [6.07, 6.45) is 17.7. The Kier molecular flexibility index (Phi) is 7.67. The van der Waals surface area contributed by atoms with Crippen LogP contribution in [0.25, 0.3) is 0 Å². The molecule has 37 heavy (non-hydrogen) atoms. The van der Waals surface area contributed by atoms with Gasteiger partial charge in [0.25, 0.3) is 0 Å². The SMILES string of the molecule is CC(C)(C)[c-]1ccc(CP(C2C3CC4CC(C3)CC2C4)C2C3CC4CC(C3)CC2C4)c1.[Fe].[cH-]1[cH-][cH-][cH-][cH-]1. The van der Waals surface area contributed by atoms with E-state index in [0.717, 1.165) is 58.7 Å². The van der Waals surface area contributed by atoms with Crippen molar-refractivity contribution in [2.45, 2.75) is 108 Å². The van der Waals surface area contributed by atoms with E-state index in [9.17, 15) is 0 Å². The summed E-state index contributed by atoms with van der Waals surface area (Å²) in [7, 11) is 0.141. The summed E-state index contributed by atoms with van der Waals surface area (Å²) in [6.45, 7) is 7.18. The van der Waals surface area contributed by atoms with Crippen molar-refractivity contribution in [2.75, 3.05) is 0 Å². The average Bonchev–Trinajstić information content (AvgIpc) is 3.53. The minimum Gasteiger partial charge on any atom is -0.748 e. The van der Waals surface area contributed by atoms with Gasteiger partial charge in [0.15, 0.2) is 0 Å². The molecule has 2 aromatic rings. The normalized spacial score (nSPS) is 41.7. The van der Waals surface area contributed by atoms with Gasteiger partial charge in [-0.3, -0.25) is 0 Å². The molecule has 8 saturated carbocycles. The number of rotatable bonds is 4. The first-order valence-electron chi connectivity index (χ1n) is 15.6. The summed E-state index contributed by atoms with van der Waals surface area (Å²) in [4.78, 5) is 0. The van der Waals surface area contributed by atoms with Crippen molar-refractivity contribution in [1.82, 2.24) is 0 Å². The van der Waals surface area contributed by atoms with Crippen LogP contribution in [0.1, 0.15) is 96.1 Å². The van der Waals surface area contributed by atoms with Gasteiger partial charge in [0, 0.05) is 17.1 Å². The maximum atomic E-state index is 2.63. The molecule has 8 aliphatic carbocycles. The predicted molar refractivity (Wildman–Crippen MR) is 155 cm³/mol. The van der Waals surface area contributed by atoms with Gasteiger partial charge in [-0.25, -0.2) is 6.07 Å². The van der Waals surface area contributed by atoms with Crippen molar-refractivity contribution in [3.8, 4) is 0 Å². The van der Waals surface area contributed by atoms with Crippen LogP contribution in [0.4, 0.5) is 0 Å². The Labute approximate surface area is 239 Å². The molecular weight excluding hydrogens is 507 g/mol. The maximum Gasteiger partial charge on any atom is 0 e. The minimum atomic E-state index is 0. The second-order valence-electron chi connectivity index (χ2n) is 15.2. The van der Waals surface area contributed by atoms with Crippen molar-refractivity contribution >= 4 is 7.92 Å². The molecule has 0 nitrogen and oxygen atoms in total. The quantitative estimate of drug-likeness (QED) is 0.200. The molecule has 0 atom stereocenters. The second-order valence-corrected chi connectivity index (χ2v) is 17.8. The summed E-state index contributed by atoms with van der Waals surface area (Å²) in [5.74, 6) is 8.99. The van der Waals surface area contributed by atoms with Crippen LogP contribution in [-0.4, -0.2) is 11.3 Å².